The Hall–Kier alpha value is -2.73. The molecule has 1 saturated heterocycles. The van der Waals surface area contributed by atoms with Crippen LogP contribution in [-0.4, -0.2) is 49.6 Å². The number of para-hydroxylation sites is 1. The maximum absolute atomic E-state index is 12.4. The molecule has 0 spiro atoms. The van der Waals surface area contributed by atoms with E-state index in [0.29, 0.717) is 19.6 Å². The average molecular weight is 401 g/mol. The van der Waals surface area contributed by atoms with Gasteiger partial charge in [-0.3, -0.25) is 4.79 Å². The Morgan fingerprint density at radius 3 is 2.32 bits per heavy atom. The van der Waals surface area contributed by atoms with Crippen LogP contribution in [0.15, 0.2) is 48.5 Å². The van der Waals surface area contributed by atoms with Gasteiger partial charge >= 0.3 is 6.03 Å². The van der Waals surface area contributed by atoms with Gasteiger partial charge in [0.1, 0.15) is 0 Å². The van der Waals surface area contributed by atoms with E-state index in [1.807, 2.05) is 53.4 Å². The van der Waals surface area contributed by atoms with E-state index in [1.165, 1.54) is 6.92 Å². The fourth-order valence-corrected chi connectivity index (χ4v) is 3.50. The molecule has 1 aliphatic rings. The lowest BCUT2D eigenvalue weighted by Crippen LogP contribution is -2.52. The lowest BCUT2D eigenvalue weighted by atomic mass is 10.1. The predicted octanol–water partition coefficient (Wildman–Crippen LogP) is 3.37. The first kappa shape index (κ1) is 20.0. The first-order chi connectivity index (χ1) is 13.5. The zero-order valence-electron chi connectivity index (χ0n) is 16.0. The number of nitrogens with one attached hydrogen (secondary N) is 2. The van der Waals surface area contributed by atoms with E-state index in [-0.39, 0.29) is 11.9 Å². The summed E-state index contributed by atoms with van der Waals surface area (Å²) in [6.45, 7) is 4.93. The third kappa shape index (κ3) is 5.39. The first-order valence-electron chi connectivity index (χ1n) is 9.42. The Balaban J connectivity index is 1.41. The molecule has 0 aromatic heterocycles. The minimum absolute atomic E-state index is 0.0336. The minimum atomic E-state index is -0.0883. The predicted molar refractivity (Wildman–Crippen MR) is 113 cm³/mol. The SMILES string of the molecule is CC(=O)Nc1ccc(CCNC(=O)N2CCN(c3ccccc3Cl)CC2)cc1. The van der Waals surface area contributed by atoms with Gasteiger partial charge in [0.05, 0.1) is 10.7 Å². The molecule has 1 fully saturated rings. The Morgan fingerprint density at radius 2 is 1.68 bits per heavy atom. The Kier molecular flexibility index (Phi) is 6.76. The molecule has 6 nitrogen and oxygen atoms in total. The number of urea groups is 1. The van der Waals surface area contributed by atoms with Crippen LogP contribution in [0.3, 0.4) is 0 Å². The van der Waals surface area contributed by atoms with Crippen LogP contribution >= 0.6 is 11.6 Å². The van der Waals surface area contributed by atoms with Crippen molar-refractivity contribution in [2.24, 2.45) is 0 Å². The zero-order chi connectivity index (χ0) is 19.9. The molecule has 0 bridgehead atoms. The smallest absolute Gasteiger partial charge is 0.317 e. The second-order valence-corrected chi connectivity index (χ2v) is 7.19. The van der Waals surface area contributed by atoms with Gasteiger partial charge in [0.25, 0.3) is 0 Å². The maximum atomic E-state index is 12.4. The Labute approximate surface area is 170 Å². The minimum Gasteiger partial charge on any atom is -0.367 e. The van der Waals surface area contributed by atoms with Gasteiger partial charge in [-0.15, -0.1) is 0 Å². The highest BCUT2D eigenvalue weighted by Gasteiger charge is 2.21. The van der Waals surface area contributed by atoms with E-state index >= 15 is 0 Å². The third-order valence-corrected chi connectivity index (χ3v) is 5.04. The third-order valence-electron chi connectivity index (χ3n) is 4.72. The Morgan fingerprint density at radius 1 is 1.00 bits per heavy atom. The van der Waals surface area contributed by atoms with E-state index in [9.17, 15) is 9.59 Å². The summed E-state index contributed by atoms with van der Waals surface area (Å²) in [5.74, 6) is -0.0883. The summed E-state index contributed by atoms with van der Waals surface area (Å²) in [4.78, 5) is 27.5. The van der Waals surface area contributed by atoms with Crippen molar-refractivity contribution in [1.82, 2.24) is 10.2 Å². The molecule has 148 valence electrons. The molecule has 1 heterocycles. The highest BCUT2D eigenvalue weighted by molar-refractivity contribution is 6.33. The average Bonchev–Trinajstić information content (AvgIpc) is 2.69. The molecule has 2 N–H and O–H groups in total. The van der Waals surface area contributed by atoms with E-state index in [1.54, 1.807) is 0 Å². The highest BCUT2D eigenvalue weighted by atomic mass is 35.5. The van der Waals surface area contributed by atoms with Crippen molar-refractivity contribution < 1.29 is 9.59 Å². The number of amides is 3. The van der Waals surface area contributed by atoms with Crippen molar-refractivity contribution in [3.05, 3.63) is 59.1 Å². The van der Waals surface area contributed by atoms with Crippen molar-refractivity contribution in [2.75, 3.05) is 42.9 Å². The molecule has 0 atom stereocenters. The molecule has 0 aliphatic carbocycles. The number of benzene rings is 2. The summed E-state index contributed by atoms with van der Waals surface area (Å²) in [6, 6.07) is 15.4. The second-order valence-electron chi connectivity index (χ2n) is 6.79. The van der Waals surface area contributed by atoms with Gasteiger partial charge in [0.15, 0.2) is 0 Å². The van der Waals surface area contributed by atoms with Crippen molar-refractivity contribution >= 4 is 34.9 Å². The molecule has 7 heteroatoms. The molecule has 2 aromatic carbocycles. The summed E-state index contributed by atoms with van der Waals surface area (Å²) in [5, 5.41) is 6.47. The molecular formula is C21H25ClN4O2. The van der Waals surface area contributed by atoms with Crippen LogP contribution in [0.2, 0.25) is 5.02 Å². The normalized spacial score (nSPS) is 13.9. The van der Waals surface area contributed by atoms with Crippen LogP contribution in [0.25, 0.3) is 0 Å². The van der Waals surface area contributed by atoms with Crippen molar-refractivity contribution in [3.8, 4) is 0 Å². The number of carbonyl (C=O) groups is 2. The van der Waals surface area contributed by atoms with Crippen molar-refractivity contribution in [1.29, 1.82) is 0 Å². The number of hydrogen-bond acceptors (Lipinski definition) is 3. The van der Waals surface area contributed by atoms with Crippen LogP contribution in [0.5, 0.6) is 0 Å². The van der Waals surface area contributed by atoms with Crippen molar-refractivity contribution in [3.63, 3.8) is 0 Å². The number of rotatable bonds is 5. The monoisotopic (exact) mass is 400 g/mol. The number of nitrogens with zero attached hydrogens (tertiary/aromatic N) is 2. The Bertz CT molecular complexity index is 817. The number of piperazine rings is 1. The molecule has 0 unspecified atom stereocenters. The quantitative estimate of drug-likeness (QED) is 0.808. The van der Waals surface area contributed by atoms with E-state index < -0.39 is 0 Å². The lowest BCUT2D eigenvalue weighted by Gasteiger charge is -2.36. The van der Waals surface area contributed by atoms with Gasteiger partial charge in [0, 0.05) is 45.3 Å². The number of anilines is 2. The molecular weight excluding hydrogens is 376 g/mol. The van der Waals surface area contributed by atoms with Crippen LogP contribution < -0.4 is 15.5 Å². The number of halogens is 1. The molecule has 3 rings (SSSR count). The summed E-state index contributed by atoms with van der Waals surface area (Å²) in [7, 11) is 0. The summed E-state index contributed by atoms with van der Waals surface area (Å²) in [5.41, 5.74) is 2.90. The molecule has 0 radical (unpaired) electrons. The number of carbonyl (C=O) groups excluding carboxylic acids is 2. The van der Waals surface area contributed by atoms with Crippen LogP contribution in [0.4, 0.5) is 16.2 Å². The van der Waals surface area contributed by atoms with Gasteiger partial charge in [-0.05, 0) is 36.2 Å². The second kappa shape index (κ2) is 9.46. The number of hydrogen-bond donors (Lipinski definition) is 2. The summed E-state index contributed by atoms with van der Waals surface area (Å²) < 4.78 is 0. The van der Waals surface area contributed by atoms with Crippen LogP contribution in [0, 0.1) is 0 Å². The fourth-order valence-electron chi connectivity index (χ4n) is 3.24. The molecule has 28 heavy (non-hydrogen) atoms. The summed E-state index contributed by atoms with van der Waals surface area (Å²) in [6.07, 6.45) is 0.742. The van der Waals surface area contributed by atoms with E-state index in [2.05, 4.69) is 15.5 Å². The summed E-state index contributed by atoms with van der Waals surface area (Å²) >= 11 is 6.26. The van der Waals surface area contributed by atoms with Crippen LogP contribution in [-0.2, 0) is 11.2 Å². The van der Waals surface area contributed by atoms with E-state index in [0.717, 1.165) is 41.5 Å². The highest BCUT2D eigenvalue weighted by Crippen LogP contribution is 2.25. The molecule has 0 saturated carbocycles. The molecule has 2 aromatic rings. The standard InChI is InChI=1S/C21H25ClN4O2/c1-16(27)24-18-8-6-17(7-9-18)10-11-23-21(28)26-14-12-25(13-15-26)20-5-3-2-4-19(20)22/h2-9H,10-15H2,1H3,(H,23,28)(H,24,27). The zero-order valence-corrected chi connectivity index (χ0v) is 16.7. The maximum Gasteiger partial charge on any atom is 0.317 e. The lowest BCUT2D eigenvalue weighted by molar-refractivity contribution is -0.114. The topological polar surface area (TPSA) is 64.7 Å². The van der Waals surface area contributed by atoms with Gasteiger partial charge in [-0.25, -0.2) is 4.79 Å². The van der Waals surface area contributed by atoms with Gasteiger partial charge in [-0.2, -0.15) is 0 Å². The molecule has 1 aliphatic heterocycles. The van der Waals surface area contributed by atoms with Gasteiger partial charge in [0.2, 0.25) is 5.91 Å². The molecule has 3 amide bonds. The van der Waals surface area contributed by atoms with Gasteiger partial charge in [-0.1, -0.05) is 35.9 Å². The van der Waals surface area contributed by atoms with Crippen molar-refractivity contribution in [2.45, 2.75) is 13.3 Å². The van der Waals surface area contributed by atoms with Crippen LogP contribution in [0.1, 0.15) is 12.5 Å². The van der Waals surface area contributed by atoms with E-state index in [4.69, 9.17) is 11.6 Å². The van der Waals surface area contributed by atoms with Gasteiger partial charge < -0.3 is 20.4 Å². The fraction of sp³-hybridized carbons (Fsp3) is 0.333. The first-order valence-corrected chi connectivity index (χ1v) is 9.79. The largest absolute Gasteiger partial charge is 0.367 e.